The minimum Gasteiger partial charge on any atom is -0.467 e. The van der Waals surface area contributed by atoms with Gasteiger partial charge in [0.15, 0.2) is 5.16 Å². The van der Waals surface area contributed by atoms with Crippen LogP contribution < -0.4 is 4.90 Å². The van der Waals surface area contributed by atoms with Gasteiger partial charge < -0.3 is 13.7 Å². The lowest BCUT2D eigenvalue weighted by Gasteiger charge is -2.18. The molecule has 8 nitrogen and oxygen atoms in total. The third kappa shape index (κ3) is 3.82. The summed E-state index contributed by atoms with van der Waals surface area (Å²) in [6, 6.07) is 7.81. The van der Waals surface area contributed by atoms with Crippen LogP contribution in [0, 0.1) is 0 Å². The number of hydrogen-bond acceptors (Lipinski definition) is 9. The van der Waals surface area contributed by atoms with Crippen LogP contribution >= 0.6 is 23.1 Å². The standard InChI is InChI=1S/C19H20N6O2S2/c1-13(16-20-21-17(27-16)15-7-5-11-28-15)29-19-23-22-18(24-8-2-3-9-24)25(19)12-14-6-4-10-26-14/h4-7,10-11,13H,2-3,8-9,12H2,1H3. The number of anilines is 1. The summed E-state index contributed by atoms with van der Waals surface area (Å²) >= 11 is 3.15. The van der Waals surface area contributed by atoms with Crippen LogP contribution in [0.5, 0.6) is 0 Å². The van der Waals surface area contributed by atoms with Crippen LogP contribution in [0.15, 0.2) is 49.9 Å². The molecule has 5 rings (SSSR count). The van der Waals surface area contributed by atoms with E-state index in [0.29, 0.717) is 18.3 Å². The van der Waals surface area contributed by atoms with Gasteiger partial charge in [0.25, 0.3) is 5.89 Å². The summed E-state index contributed by atoms with van der Waals surface area (Å²) < 4.78 is 13.6. The second-order valence-electron chi connectivity index (χ2n) is 6.83. The van der Waals surface area contributed by atoms with Gasteiger partial charge in [0, 0.05) is 13.1 Å². The molecule has 1 aliphatic heterocycles. The molecule has 5 heterocycles. The highest BCUT2D eigenvalue weighted by Crippen LogP contribution is 2.36. The molecule has 0 radical (unpaired) electrons. The second kappa shape index (κ2) is 8.03. The van der Waals surface area contributed by atoms with E-state index in [-0.39, 0.29) is 5.25 Å². The molecule has 1 unspecified atom stereocenters. The molecule has 10 heteroatoms. The predicted molar refractivity (Wildman–Crippen MR) is 111 cm³/mol. The molecule has 1 aliphatic rings. The number of furan rings is 1. The Hall–Kier alpha value is -2.59. The summed E-state index contributed by atoms with van der Waals surface area (Å²) in [5, 5.41) is 20.1. The minimum absolute atomic E-state index is 0.0535. The van der Waals surface area contributed by atoms with Crippen molar-refractivity contribution < 1.29 is 8.83 Å². The van der Waals surface area contributed by atoms with E-state index in [9.17, 15) is 0 Å². The maximum absolute atomic E-state index is 5.90. The molecule has 0 bridgehead atoms. The van der Waals surface area contributed by atoms with Gasteiger partial charge in [-0.15, -0.1) is 31.7 Å². The largest absolute Gasteiger partial charge is 0.467 e. The molecule has 0 aliphatic carbocycles. The predicted octanol–water partition coefficient (Wildman–Crippen LogP) is 4.48. The van der Waals surface area contributed by atoms with E-state index in [2.05, 4.69) is 29.9 Å². The van der Waals surface area contributed by atoms with E-state index >= 15 is 0 Å². The lowest BCUT2D eigenvalue weighted by molar-refractivity contribution is 0.483. The Morgan fingerprint density at radius 1 is 1.14 bits per heavy atom. The van der Waals surface area contributed by atoms with Gasteiger partial charge in [-0.25, -0.2) is 0 Å². The van der Waals surface area contributed by atoms with Crippen LogP contribution in [-0.4, -0.2) is 38.1 Å². The Labute approximate surface area is 175 Å². The zero-order valence-electron chi connectivity index (χ0n) is 15.9. The third-order valence-electron chi connectivity index (χ3n) is 4.78. The van der Waals surface area contributed by atoms with E-state index < -0.39 is 0 Å². The quantitative estimate of drug-likeness (QED) is 0.398. The Morgan fingerprint density at radius 2 is 2.03 bits per heavy atom. The minimum atomic E-state index is -0.0535. The number of rotatable bonds is 7. The van der Waals surface area contributed by atoms with Crippen LogP contribution in [0.25, 0.3) is 10.8 Å². The van der Waals surface area contributed by atoms with Crippen LogP contribution in [0.1, 0.15) is 36.7 Å². The third-order valence-corrected chi connectivity index (χ3v) is 6.71. The molecule has 29 heavy (non-hydrogen) atoms. The van der Waals surface area contributed by atoms with Gasteiger partial charge in [0.1, 0.15) is 5.76 Å². The van der Waals surface area contributed by atoms with E-state index in [1.54, 1.807) is 29.4 Å². The highest BCUT2D eigenvalue weighted by atomic mass is 32.2. The molecule has 4 aromatic rings. The first-order chi connectivity index (χ1) is 14.3. The SMILES string of the molecule is CC(Sc1nnc(N2CCCC2)n1Cc1ccco1)c1nnc(-c2cccs2)o1. The van der Waals surface area contributed by atoms with Gasteiger partial charge in [0.2, 0.25) is 11.8 Å². The number of thiophene rings is 1. The summed E-state index contributed by atoms with van der Waals surface area (Å²) in [7, 11) is 0. The van der Waals surface area contributed by atoms with E-state index in [1.807, 2.05) is 36.6 Å². The van der Waals surface area contributed by atoms with Gasteiger partial charge in [0.05, 0.1) is 22.9 Å². The van der Waals surface area contributed by atoms with Gasteiger partial charge >= 0.3 is 0 Å². The van der Waals surface area contributed by atoms with Crippen molar-refractivity contribution in [2.45, 2.75) is 36.7 Å². The molecule has 0 saturated carbocycles. The van der Waals surface area contributed by atoms with Crippen molar-refractivity contribution in [3.63, 3.8) is 0 Å². The Kier molecular flexibility index (Phi) is 5.11. The highest BCUT2D eigenvalue weighted by Gasteiger charge is 2.25. The Bertz CT molecular complexity index is 1050. The van der Waals surface area contributed by atoms with Crippen molar-refractivity contribution in [2.75, 3.05) is 18.0 Å². The van der Waals surface area contributed by atoms with Crippen LogP contribution in [0.4, 0.5) is 5.95 Å². The maximum Gasteiger partial charge on any atom is 0.257 e. The smallest absolute Gasteiger partial charge is 0.257 e. The van der Waals surface area contributed by atoms with Gasteiger partial charge in [-0.05, 0) is 43.3 Å². The number of nitrogens with zero attached hydrogens (tertiary/aromatic N) is 6. The fraction of sp³-hybridized carbons (Fsp3) is 0.368. The summed E-state index contributed by atoms with van der Waals surface area (Å²) in [6.45, 7) is 4.64. The fourth-order valence-electron chi connectivity index (χ4n) is 3.32. The van der Waals surface area contributed by atoms with E-state index in [4.69, 9.17) is 8.83 Å². The number of hydrogen-bond donors (Lipinski definition) is 0. The summed E-state index contributed by atoms with van der Waals surface area (Å²) in [5.41, 5.74) is 0. The average molecular weight is 429 g/mol. The highest BCUT2D eigenvalue weighted by molar-refractivity contribution is 7.99. The molecular formula is C19H20N6O2S2. The molecule has 0 aromatic carbocycles. The number of thioether (sulfide) groups is 1. The van der Waals surface area contributed by atoms with Crippen LogP contribution in [0.3, 0.4) is 0 Å². The van der Waals surface area contributed by atoms with Crippen molar-refractivity contribution in [3.8, 4) is 10.8 Å². The summed E-state index contributed by atoms with van der Waals surface area (Å²) in [6.07, 6.45) is 4.05. The molecule has 0 N–H and O–H groups in total. The van der Waals surface area contributed by atoms with Crippen molar-refractivity contribution in [1.82, 2.24) is 25.0 Å². The first kappa shape index (κ1) is 18.4. The van der Waals surface area contributed by atoms with E-state index in [0.717, 1.165) is 34.8 Å². The zero-order chi connectivity index (χ0) is 19.6. The van der Waals surface area contributed by atoms with E-state index in [1.165, 1.54) is 12.8 Å². The van der Waals surface area contributed by atoms with Crippen molar-refractivity contribution in [1.29, 1.82) is 0 Å². The Balaban J connectivity index is 1.40. The number of aromatic nitrogens is 5. The first-order valence-corrected chi connectivity index (χ1v) is 11.3. The molecule has 4 aromatic heterocycles. The summed E-state index contributed by atoms with van der Waals surface area (Å²) in [5.74, 6) is 2.89. The topological polar surface area (TPSA) is 86.0 Å². The molecule has 1 atom stereocenters. The van der Waals surface area contributed by atoms with Crippen molar-refractivity contribution in [2.24, 2.45) is 0 Å². The van der Waals surface area contributed by atoms with Crippen molar-refractivity contribution >= 4 is 29.0 Å². The average Bonchev–Trinajstić information content (AvgIpc) is 3.53. The fourth-order valence-corrected chi connectivity index (χ4v) is 4.84. The molecular weight excluding hydrogens is 408 g/mol. The lowest BCUT2D eigenvalue weighted by atomic mass is 10.4. The normalized spacial score (nSPS) is 15.3. The molecule has 1 fully saturated rings. The molecule has 1 saturated heterocycles. The Morgan fingerprint density at radius 3 is 2.79 bits per heavy atom. The zero-order valence-corrected chi connectivity index (χ0v) is 17.5. The first-order valence-electron chi connectivity index (χ1n) is 9.52. The van der Waals surface area contributed by atoms with Gasteiger partial charge in [-0.3, -0.25) is 4.57 Å². The van der Waals surface area contributed by atoms with Gasteiger partial charge in [-0.1, -0.05) is 17.8 Å². The van der Waals surface area contributed by atoms with Crippen LogP contribution in [-0.2, 0) is 6.54 Å². The lowest BCUT2D eigenvalue weighted by Crippen LogP contribution is -2.22. The molecule has 0 amide bonds. The molecule has 150 valence electrons. The van der Waals surface area contributed by atoms with Gasteiger partial charge in [-0.2, -0.15) is 0 Å². The monoisotopic (exact) mass is 428 g/mol. The van der Waals surface area contributed by atoms with Crippen LogP contribution in [0.2, 0.25) is 0 Å². The molecule has 0 spiro atoms. The summed E-state index contributed by atoms with van der Waals surface area (Å²) in [4.78, 5) is 3.25. The second-order valence-corrected chi connectivity index (χ2v) is 9.08. The maximum atomic E-state index is 5.90. The van der Waals surface area contributed by atoms with Crippen molar-refractivity contribution in [3.05, 3.63) is 47.6 Å².